The third kappa shape index (κ3) is 3.17. The first-order chi connectivity index (χ1) is 10.8. The number of hydrogen-bond acceptors (Lipinski definition) is 3. The first-order valence-corrected chi connectivity index (χ1v) is 9.01. The lowest BCUT2D eigenvalue weighted by Crippen LogP contribution is -2.32. The van der Waals surface area contributed by atoms with E-state index in [0.29, 0.717) is 14.9 Å². The molecule has 0 N–H and O–H groups in total. The van der Waals surface area contributed by atoms with Crippen LogP contribution in [0.25, 0.3) is 5.70 Å². The Morgan fingerprint density at radius 1 is 1.26 bits per heavy atom. The molecule has 23 heavy (non-hydrogen) atoms. The fraction of sp³-hybridized carbons (Fsp3) is 0.176. The standard InChI is InChI=1S/C17H12I2N2O2/c1-17(2)7-14(21-9-11(18)6-13(19)16(21)22)12-5-10(8-20)3-4-15(12)23-17/h3-7,9H,1-2H3. The summed E-state index contributed by atoms with van der Waals surface area (Å²) in [7, 11) is 0. The summed E-state index contributed by atoms with van der Waals surface area (Å²) in [6.45, 7) is 3.89. The maximum atomic E-state index is 12.6. The lowest BCUT2D eigenvalue weighted by Gasteiger charge is -2.31. The van der Waals surface area contributed by atoms with Crippen LogP contribution in [0.1, 0.15) is 25.0 Å². The molecule has 0 amide bonds. The van der Waals surface area contributed by atoms with Gasteiger partial charge in [0.1, 0.15) is 11.4 Å². The number of ether oxygens (including phenoxy) is 1. The van der Waals surface area contributed by atoms with Gasteiger partial charge in [0.15, 0.2) is 0 Å². The van der Waals surface area contributed by atoms with Crippen molar-refractivity contribution in [1.82, 2.24) is 4.57 Å². The maximum absolute atomic E-state index is 12.6. The van der Waals surface area contributed by atoms with Gasteiger partial charge in [-0.2, -0.15) is 5.26 Å². The third-order valence-corrected chi connectivity index (χ3v) is 4.80. The molecule has 0 saturated carbocycles. The van der Waals surface area contributed by atoms with E-state index in [1.807, 2.05) is 48.6 Å². The van der Waals surface area contributed by atoms with Gasteiger partial charge in [0.25, 0.3) is 5.56 Å². The molecule has 1 aliphatic heterocycles. The number of hydrogen-bond donors (Lipinski definition) is 0. The number of nitrogens with zero attached hydrogens (tertiary/aromatic N) is 2. The van der Waals surface area contributed by atoms with Crippen molar-refractivity contribution in [3.05, 3.63) is 65.2 Å². The lowest BCUT2D eigenvalue weighted by molar-refractivity contribution is 0.157. The van der Waals surface area contributed by atoms with Crippen LogP contribution in [-0.4, -0.2) is 10.2 Å². The molecule has 6 heteroatoms. The van der Waals surface area contributed by atoms with Crippen LogP contribution in [0.5, 0.6) is 5.75 Å². The molecule has 0 atom stereocenters. The molecule has 4 nitrogen and oxygen atoms in total. The van der Waals surface area contributed by atoms with Crippen LogP contribution in [-0.2, 0) is 0 Å². The van der Waals surface area contributed by atoms with Crippen molar-refractivity contribution >= 4 is 50.9 Å². The molecule has 0 bridgehead atoms. The normalized spacial score (nSPS) is 15.2. The van der Waals surface area contributed by atoms with E-state index >= 15 is 0 Å². The molecule has 0 fully saturated rings. The number of rotatable bonds is 1. The Kier molecular flexibility index (Phi) is 4.27. The van der Waals surface area contributed by atoms with E-state index in [2.05, 4.69) is 28.7 Å². The fourth-order valence-corrected chi connectivity index (χ4v) is 4.29. The number of pyridine rings is 1. The summed E-state index contributed by atoms with van der Waals surface area (Å²) in [6.07, 6.45) is 3.73. The zero-order chi connectivity index (χ0) is 16.8. The highest BCUT2D eigenvalue weighted by atomic mass is 127. The smallest absolute Gasteiger partial charge is 0.268 e. The van der Waals surface area contributed by atoms with Crippen LogP contribution in [0.2, 0.25) is 0 Å². The topological polar surface area (TPSA) is 55.0 Å². The van der Waals surface area contributed by atoms with Crippen molar-refractivity contribution in [2.45, 2.75) is 19.4 Å². The van der Waals surface area contributed by atoms with E-state index < -0.39 is 5.60 Å². The van der Waals surface area contributed by atoms with Gasteiger partial charge in [-0.3, -0.25) is 9.36 Å². The van der Waals surface area contributed by atoms with Gasteiger partial charge in [0, 0.05) is 15.3 Å². The average molecular weight is 530 g/mol. The second-order valence-corrected chi connectivity index (χ2v) is 8.15. The molecular formula is C17H12I2N2O2. The molecular weight excluding hydrogens is 518 g/mol. The van der Waals surface area contributed by atoms with E-state index in [1.54, 1.807) is 29.0 Å². The number of aromatic nitrogens is 1. The zero-order valence-corrected chi connectivity index (χ0v) is 16.7. The van der Waals surface area contributed by atoms with Gasteiger partial charge in [0.05, 0.1) is 20.9 Å². The fourth-order valence-electron chi connectivity index (χ4n) is 2.50. The van der Waals surface area contributed by atoms with E-state index in [4.69, 9.17) is 10.00 Å². The summed E-state index contributed by atoms with van der Waals surface area (Å²) in [4.78, 5) is 12.6. The molecule has 1 aromatic carbocycles. The molecule has 0 radical (unpaired) electrons. The first kappa shape index (κ1) is 16.5. The largest absolute Gasteiger partial charge is 0.483 e. The highest BCUT2D eigenvalue weighted by Gasteiger charge is 2.28. The first-order valence-electron chi connectivity index (χ1n) is 6.85. The number of benzene rings is 1. The molecule has 2 aromatic rings. The van der Waals surface area contributed by atoms with E-state index in [0.717, 1.165) is 14.8 Å². The van der Waals surface area contributed by atoms with Crippen molar-refractivity contribution < 1.29 is 4.74 Å². The molecule has 0 spiro atoms. The van der Waals surface area contributed by atoms with Gasteiger partial charge in [0.2, 0.25) is 0 Å². The molecule has 0 aliphatic carbocycles. The summed E-state index contributed by atoms with van der Waals surface area (Å²) in [5, 5.41) is 9.16. The molecule has 2 heterocycles. The second kappa shape index (κ2) is 5.94. The minimum absolute atomic E-state index is 0.0803. The summed E-state index contributed by atoms with van der Waals surface area (Å²) >= 11 is 4.24. The van der Waals surface area contributed by atoms with Crippen LogP contribution in [0.4, 0.5) is 0 Å². The second-order valence-electron chi connectivity index (χ2n) is 5.74. The number of halogens is 2. The summed E-state index contributed by atoms with van der Waals surface area (Å²) in [5.41, 5.74) is 1.41. The highest BCUT2D eigenvalue weighted by molar-refractivity contribution is 14.1. The van der Waals surface area contributed by atoms with Gasteiger partial charge in [-0.05, 0) is 89.4 Å². The molecule has 3 rings (SSSR count). The highest BCUT2D eigenvalue weighted by Crippen LogP contribution is 2.37. The molecule has 0 unspecified atom stereocenters. The summed E-state index contributed by atoms with van der Waals surface area (Å²) in [5.74, 6) is 0.673. The van der Waals surface area contributed by atoms with Crippen LogP contribution >= 0.6 is 45.2 Å². The van der Waals surface area contributed by atoms with Crippen molar-refractivity contribution in [3.8, 4) is 11.8 Å². The molecule has 116 valence electrons. The van der Waals surface area contributed by atoms with Crippen molar-refractivity contribution in [2.75, 3.05) is 0 Å². The van der Waals surface area contributed by atoms with Crippen molar-refractivity contribution in [1.29, 1.82) is 5.26 Å². The molecule has 0 saturated heterocycles. The Bertz CT molecular complexity index is 937. The van der Waals surface area contributed by atoms with Gasteiger partial charge >= 0.3 is 0 Å². The van der Waals surface area contributed by atoms with Gasteiger partial charge < -0.3 is 4.74 Å². The number of fused-ring (bicyclic) bond motifs is 1. The Labute approximate surface area is 161 Å². The lowest BCUT2D eigenvalue weighted by atomic mass is 9.97. The zero-order valence-electron chi connectivity index (χ0n) is 12.4. The molecule has 1 aromatic heterocycles. The van der Waals surface area contributed by atoms with Gasteiger partial charge in [-0.1, -0.05) is 0 Å². The Morgan fingerprint density at radius 2 is 2.00 bits per heavy atom. The van der Waals surface area contributed by atoms with Gasteiger partial charge in [-0.15, -0.1) is 0 Å². The van der Waals surface area contributed by atoms with Crippen molar-refractivity contribution in [3.63, 3.8) is 0 Å². The Hall–Kier alpha value is -1.34. The Balaban J connectivity index is 2.33. The third-order valence-electron chi connectivity index (χ3n) is 3.44. The van der Waals surface area contributed by atoms with Crippen LogP contribution < -0.4 is 10.3 Å². The minimum atomic E-state index is -0.539. The Morgan fingerprint density at radius 3 is 2.70 bits per heavy atom. The number of nitriles is 1. The van der Waals surface area contributed by atoms with Crippen LogP contribution in [0, 0.1) is 18.5 Å². The monoisotopic (exact) mass is 530 g/mol. The van der Waals surface area contributed by atoms with Crippen LogP contribution in [0.15, 0.2) is 41.3 Å². The van der Waals surface area contributed by atoms with E-state index in [9.17, 15) is 4.79 Å². The summed E-state index contributed by atoms with van der Waals surface area (Å²) in [6, 6.07) is 9.24. The minimum Gasteiger partial charge on any atom is -0.483 e. The molecule has 1 aliphatic rings. The van der Waals surface area contributed by atoms with E-state index in [1.165, 1.54) is 0 Å². The summed E-state index contributed by atoms with van der Waals surface area (Å²) < 4.78 is 9.22. The average Bonchev–Trinajstić information content (AvgIpc) is 2.49. The van der Waals surface area contributed by atoms with Crippen LogP contribution in [0.3, 0.4) is 0 Å². The SMILES string of the molecule is CC1(C)C=C(n2cc(I)cc(I)c2=O)c2cc(C#N)ccc2O1. The predicted molar refractivity (Wildman–Crippen MR) is 105 cm³/mol. The maximum Gasteiger partial charge on any atom is 0.268 e. The predicted octanol–water partition coefficient (Wildman–Crippen LogP) is 3.99. The quantitative estimate of drug-likeness (QED) is 0.525. The van der Waals surface area contributed by atoms with Gasteiger partial charge in [-0.25, -0.2) is 0 Å². The van der Waals surface area contributed by atoms with Crippen molar-refractivity contribution in [2.24, 2.45) is 0 Å². The van der Waals surface area contributed by atoms with E-state index in [-0.39, 0.29) is 5.56 Å².